The highest BCUT2D eigenvalue weighted by atomic mass is 16.5. The van der Waals surface area contributed by atoms with Crippen LogP contribution in [0.1, 0.15) is 54.7 Å². The molecule has 0 amide bonds. The zero-order chi connectivity index (χ0) is 13.2. The molecule has 18 heavy (non-hydrogen) atoms. The maximum Gasteiger partial charge on any atom is 0.376 e. The summed E-state index contributed by atoms with van der Waals surface area (Å²) in [5.41, 5.74) is 0.460. The quantitative estimate of drug-likeness (QED) is 0.771. The van der Waals surface area contributed by atoms with Crippen LogP contribution in [-0.4, -0.2) is 25.2 Å². The van der Waals surface area contributed by atoms with Crippen molar-refractivity contribution in [2.45, 2.75) is 44.6 Å². The van der Waals surface area contributed by atoms with E-state index >= 15 is 0 Å². The van der Waals surface area contributed by atoms with Gasteiger partial charge in [-0.05, 0) is 12.8 Å². The van der Waals surface area contributed by atoms with E-state index in [-0.39, 0.29) is 17.8 Å². The summed E-state index contributed by atoms with van der Waals surface area (Å²) in [6.45, 7) is 2.38. The normalized spacial score (nSPS) is 17.9. The molecule has 1 aliphatic rings. The Morgan fingerprint density at radius 2 is 2.06 bits per heavy atom. The van der Waals surface area contributed by atoms with Gasteiger partial charge in [0, 0.05) is 12.5 Å². The Hall–Kier alpha value is -1.36. The van der Waals surface area contributed by atoms with E-state index in [2.05, 4.69) is 11.9 Å². The third kappa shape index (κ3) is 2.27. The van der Waals surface area contributed by atoms with Gasteiger partial charge in [0.1, 0.15) is 5.69 Å². The van der Waals surface area contributed by atoms with Crippen LogP contribution in [0.2, 0.25) is 0 Å². The molecule has 0 N–H and O–H groups in total. The molecular weight excluding hydrogens is 234 g/mol. The minimum Gasteiger partial charge on any atom is -0.463 e. The molecule has 0 spiro atoms. The molecule has 5 heteroatoms. The lowest BCUT2D eigenvalue weighted by atomic mass is 9.89. The summed E-state index contributed by atoms with van der Waals surface area (Å²) in [5, 5.41) is 0. The van der Waals surface area contributed by atoms with Crippen molar-refractivity contribution in [2.24, 2.45) is 0 Å². The van der Waals surface area contributed by atoms with Crippen LogP contribution in [0.25, 0.3) is 0 Å². The van der Waals surface area contributed by atoms with Gasteiger partial charge in [-0.2, -0.15) is 0 Å². The van der Waals surface area contributed by atoms with Crippen molar-refractivity contribution in [3.63, 3.8) is 0 Å². The van der Waals surface area contributed by atoms with Gasteiger partial charge < -0.3 is 13.9 Å². The topological polar surface area (TPSA) is 61.6 Å². The lowest BCUT2D eigenvalue weighted by Gasteiger charge is -2.18. The SMILES string of the molecule is COCc1nc(C2(C)CCCC2)oc1C(=O)OC. The summed E-state index contributed by atoms with van der Waals surface area (Å²) >= 11 is 0. The molecule has 0 radical (unpaired) electrons. The van der Waals surface area contributed by atoms with Gasteiger partial charge in [-0.3, -0.25) is 0 Å². The number of carbonyl (C=O) groups excluding carboxylic acids is 1. The highest BCUT2D eigenvalue weighted by Crippen LogP contribution is 2.40. The Bertz CT molecular complexity index is 432. The van der Waals surface area contributed by atoms with Crippen LogP contribution < -0.4 is 0 Å². The molecule has 1 aromatic rings. The van der Waals surface area contributed by atoms with Crippen molar-refractivity contribution < 1.29 is 18.7 Å². The third-order valence-corrected chi connectivity index (χ3v) is 3.57. The number of rotatable bonds is 4. The van der Waals surface area contributed by atoms with Crippen LogP contribution in [0, 0.1) is 0 Å². The Labute approximate surface area is 106 Å². The minimum absolute atomic E-state index is 0.0608. The molecule has 100 valence electrons. The van der Waals surface area contributed by atoms with Gasteiger partial charge >= 0.3 is 5.97 Å². The number of esters is 1. The van der Waals surface area contributed by atoms with Gasteiger partial charge in [-0.1, -0.05) is 19.8 Å². The third-order valence-electron chi connectivity index (χ3n) is 3.57. The molecule has 0 aromatic carbocycles. The summed E-state index contributed by atoms with van der Waals surface area (Å²) in [6.07, 6.45) is 4.43. The van der Waals surface area contributed by atoms with Crippen molar-refractivity contribution in [3.05, 3.63) is 17.3 Å². The smallest absolute Gasteiger partial charge is 0.376 e. The lowest BCUT2D eigenvalue weighted by molar-refractivity contribution is 0.0554. The predicted molar refractivity (Wildman–Crippen MR) is 64.4 cm³/mol. The molecule has 0 atom stereocenters. The summed E-state index contributed by atoms with van der Waals surface area (Å²) in [4.78, 5) is 16.1. The molecule has 0 aliphatic heterocycles. The highest BCUT2D eigenvalue weighted by Gasteiger charge is 2.37. The van der Waals surface area contributed by atoms with Crippen LogP contribution in [0.15, 0.2) is 4.42 Å². The number of methoxy groups -OCH3 is 2. The summed E-state index contributed by atoms with van der Waals surface area (Å²) in [7, 11) is 2.89. The molecule has 2 rings (SSSR count). The summed E-state index contributed by atoms with van der Waals surface area (Å²) in [5.74, 6) is 0.303. The molecule has 1 aromatic heterocycles. The average Bonchev–Trinajstić information content (AvgIpc) is 2.96. The Morgan fingerprint density at radius 1 is 1.39 bits per heavy atom. The van der Waals surface area contributed by atoms with E-state index in [0.717, 1.165) is 12.8 Å². The van der Waals surface area contributed by atoms with Gasteiger partial charge in [0.25, 0.3) is 0 Å². The van der Waals surface area contributed by atoms with E-state index in [1.807, 2.05) is 0 Å². The van der Waals surface area contributed by atoms with E-state index in [0.29, 0.717) is 11.6 Å². The van der Waals surface area contributed by atoms with Crippen molar-refractivity contribution in [3.8, 4) is 0 Å². The van der Waals surface area contributed by atoms with E-state index in [1.165, 1.54) is 20.0 Å². The average molecular weight is 253 g/mol. The molecule has 0 unspecified atom stereocenters. The lowest BCUT2D eigenvalue weighted by Crippen LogP contribution is -2.17. The monoisotopic (exact) mass is 253 g/mol. The Kier molecular flexibility index (Phi) is 3.71. The van der Waals surface area contributed by atoms with Crippen molar-refractivity contribution in [2.75, 3.05) is 14.2 Å². The fourth-order valence-corrected chi connectivity index (χ4v) is 2.47. The van der Waals surface area contributed by atoms with Gasteiger partial charge in [-0.25, -0.2) is 9.78 Å². The van der Waals surface area contributed by atoms with Crippen LogP contribution in [0.3, 0.4) is 0 Å². The molecule has 1 heterocycles. The van der Waals surface area contributed by atoms with Crippen LogP contribution in [-0.2, 0) is 21.5 Å². The molecule has 1 fully saturated rings. The Balaban J connectivity index is 2.35. The van der Waals surface area contributed by atoms with E-state index < -0.39 is 5.97 Å². The molecular formula is C13H19NO4. The fourth-order valence-electron chi connectivity index (χ4n) is 2.47. The standard InChI is InChI=1S/C13H19NO4/c1-13(6-4-5-7-13)12-14-9(8-16-2)10(18-12)11(15)17-3/h4-8H2,1-3H3. The van der Waals surface area contributed by atoms with E-state index in [1.54, 1.807) is 7.11 Å². The fraction of sp³-hybridized carbons (Fsp3) is 0.692. The molecule has 0 saturated heterocycles. The van der Waals surface area contributed by atoms with Crippen LogP contribution in [0.4, 0.5) is 0 Å². The molecule has 1 saturated carbocycles. The first-order chi connectivity index (χ1) is 8.60. The number of ether oxygens (including phenoxy) is 2. The molecule has 5 nitrogen and oxygen atoms in total. The maximum absolute atomic E-state index is 11.6. The number of hydrogen-bond donors (Lipinski definition) is 0. The Morgan fingerprint density at radius 3 is 2.61 bits per heavy atom. The summed E-state index contributed by atoms with van der Waals surface area (Å²) < 4.78 is 15.4. The molecule has 1 aliphatic carbocycles. The zero-order valence-electron chi connectivity index (χ0n) is 11.1. The first-order valence-corrected chi connectivity index (χ1v) is 6.18. The molecule has 0 bridgehead atoms. The number of aromatic nitrogens is 1. The van der Waals surface area contributed by atoms with E-state index in [9.17, 15) is 4.79 Å². The number of nitrogens with zero attached hydrogens (tertiary/aromatic N) is 1. The van der Waals surface area contributed by atoms with Crippen LogP contribution in [0.5, 0.6) is 0 Å². The number of carbonyl (C=O) groups is 1. The zero-order valence-corrected chi connectivity index (χ0v) is 11.1. The van der Waals surface area contributed by atoms with E-state index in [4.69, 9.17) is 13.9 Å². The van der Waals surface area contributed by atoms with Gasteiger partial charge in [0.05, 0.1) is 13.7 Å². The summed E-state index contributed by atoms with van der Waals surface area (Å²) in [6, 6.07) is 0. The largest absolute Gasteiger partial charge is 0.463 e. The minimum atomic E-state index is -0.498. The highest BCUT2D eigenvalue weighted by molar-refractivity contribution is 5.87. The number of hydrogen-bond acceptors (Lipinski definition) is 5. The predicted octanol–water partition coefficient (Wildman–Crippen LogP) is 2.44. The van der Waals surface area contributed by atoms with Crippen molar-refractivity contribution in [1.29, 1.82) is 0 Å². The van der Waals surface area contributed by atoms with Gasteiger partial charge in [0.15, 0.2) is 0 Å². The first-order valence-electron chi connectivity index (χ1n) is 6.18. The van der Waals surface area contributed by atoms with Gasteiger partial charge in [0.2, 0.25) is 11.7 Å². The van der Waals surface area contributed by atoms with Gasteiger partial charge in [-0.15, -0.1) is 0 Å². The first kappa shape index (κ1) is 13.1. The van der Waals surface area contributed by atoms with Crippen molar-refractivity contribution >= 4 is 5.97 Å². The maximum atomic E-state index is 11.6. The van der Waals surface area contributed by atoms with Crippen LogP contribution >= 0.6 is 0 Å². The second-order valence-electron chi connectivity index (χ2n) is 4.99. The second-order valence-corrected chi connectivity index (χ2v) is 4.99. The number of oxazole rings is 1. The van der Waals surface area contributed by atoms with Crippen molar-refractivity contribution in [1.82, 2.24) is 4.98 Å². The second kappa shape index (κ2) is 5.10.